The van der Waals surface area contributed by atoms with Crippen LogP contribution in [0.4, 0.5) is 0 Å². The van der Waals surface area contributed by atoms with Crippen molar-refractivity contribution in [3.05, 3.63) is 63.7 Å². The maximum atomic E-state index is 12.9. The zero-order valence-corrected chi connectivity index (χ0v) is 20.3. The van der Waals surface area contributed by atoms with Crippen LogP contribution in [0.3, 0.4) is 0 Å². The fourth-order valence-electron chi connectivity index (χ4n) is 3.52. The third-order valence-corrected chi connectivity index (χ3v) is 6.00. The van der Waals surface area contributed by atoms with Crippen molar-refractivity contribution in [2.75, 3.05) is 6.61 Å². The molecule has 2 aromatic carbocycles. The molecule has 0 radical (unpaired) electrons. The first-order valence-electron chi connectivity index (χ1n) is 10.8. The average Bonchev–Trinajstić information content (AvgIpc) is 2.70. The standard InChI is InChI=1S/C26H33ClO4/c1-8-26(6,7)19-13-17(5)23(31-24(28)18-11-10-12-20(27)14-18)21(15-19)22(16(3)4)25(29)30-9-2/h10-16,22H,8-9H2,1-7H3. The molecule has 0 spiro atoms. The maximum absolute atomic E-state index is 12.9. The van der Waals surface area contributed by atoms with Gasteiger partial charge in [0.25, 0.3) is 0 Å². The van der Waals surface area contributed by atoms with Crippen molar-refractivity contribution >= 4 is 23.5 Å². The highest BCUT2D eigenvalue weighted by molar-refractivity contribution is 6.30. The maximum Gasteiger partial charge on any atom is 0.343 e. The third-order valence-electron chi connectivity index (χ3n) is 5.77. The molecule has 1 unspecified atom stereocenters. The highest BCUT2D eigenvalue weighted by Crippen LogP contribution is 2.40. The van der Waals surface area contributed by atoms with Crippen LogP contribution >= 0.6 is 11.6 Å². The summed E-state index contributed by atoms with van der Waals surface area (Å²) in [5, 5.41) is 0.456. The molecule has 0 aliphatic carbocycles. The molecule has 4 nitrogen and oxygen atoms in total. The minimum Gasteiger partial charge on any atom is -0.466 e. The van der Waals surface area contributed by atoms with E-state index in [4.69, 9.17) is 21.1 Å². The van der Waals surface area contributed by atoms with E-state index in [1.165, 1.54) is 0 Å². The van der Waals surface area contributed by atoms with Crippen LogP contribution in [0.1, 0.15) is 80.9 Å². The van der Waals surface area contributed by atoms with Gasteiger partial charge in [0.05, 0.1) is 18.1 Å². The van der Waals surface area contributed by atoms with E-state index in [0.29, 0.717) is 28.5 Å². The third kappa shape index (κ3) is 5.88. The fraction of sp³-hybridized carbons (Fsp3) is 0.462. The predicted octanol–water partition coefficient (Wildman–Crippen LogP) is 6.86. The van der Waals surface area contributed by atoms with Gasteiger partial charge in [0, 0.05) is 10.6 Å². The number of rotatable bonds is 8. The zero-order chi connectivity index (χ0) is 23.3. The van der Waals surface area contributed by atoms with Crippen molar-refractivity contribution in [3.63, 3.8) is 0 Å². The van der Waals surface area contributed by atoms with Crippen LogP contribution < -0.4 is 4.74 Å². The Bertz CT molecular complexity index is 946. The number of carbonyl (C=O) groups excluding carboxylic acids is 2. The van der Waals surface area contributed by atoms with Gasteiger partial charge in [-0.05, 0) is 60.9 Å². The average molecular weight is 445 g/mol. The summed E-state index contributed by atoms with van der Waals surface area (Å²) in [6.45, 7) is 14.4. The molecule has 2 aromatic rings. The summed E-state index contributed by atoms with van der Waals surface area (Å²) >= 11 is 6.04. The van der Waals surface area contributed by atoms with E-state index in [-0.39, 0.29) is 17.3 Å². The number of hydrogen-bond acceptors (Lipinski definition) is 4. The molecular weight excluding hydrogens is 412 g/mol. The van der Waals surface area contributed by atoms with E-state index in [1.807, 2.05) is 32.9 Å². The Morgan fingerprint density at radius 1 is 1.10 bits per heavy atom. The van der Waals surface area contributed by atoms with Crippen LogP contribution in [0.15, 0.2) is 36.4 Å². The van der Waals surface area contributed by atoms with Crippen molar-refractivity contribution in [1.29, 1.82) is 0 Å². The van der Waals surface area contributed by atoms with Gasteiger partial charge in [0.2, 0.25) is 0 Å². The van der Waals surface area contributed by atoms with Gasteiger partial charge in [-0.15, -0.1) is 0 Å². The van der Waals surface area contributed by atoms with Crippen molar-refractivity contribution in [2.24, 2.45) is 5.92 Å². The molecule has 0 bridgehead atoms. The Balaban J connectivity index is 2.65. The monoisotopic (exact) mass is 444 g/mol. The number of aryl methyl sites for hydroxylation is 1. The first-order valence-corrected chi connectivity index (χ1v) is 11.2. The van der Waals surface area contributed by atoms with E-state index in [9.17, 15) is 9.59 Å². The quantitative estimate of drug-likeness (QED) is 0.329. The van der Waals surface area contributed by atoms with Gasteiger partial charge in [-0.25, -0.2) is 4.79 Å². The molecule has 0 saturated carbocycles. The lowest BCUT2D eigenvalue weighted by molar-refractivity contribution is -0.146. The lowest BCUT2D eigenvalue weighted by Gasteiger charge is -2.29. The van der Waals surface area contributed by atoms with Crippen LogP contribution in [0, 0.1) is 12.8 Å². The summed E-state index contributed by atoms with van der Waals surface area (Å²) in [6.07, 6.45) is 0.930. The van der Waals surface area contributed by atoms with E-state index < -0.39 is 11.9 Å². The summed E-state index contributed by atoms with van der Waals surface area (Å²) in [4.78, 5) is 25.8. The van der Waals surface area contributed by atoms with Gasteiger partial charge < -0.3 is 9.47 Å². The minimum atomic E-state index is -0.548. The largest absolute Gasteiger partial charge is 0.466 e. The van der Waals surface area contributed by atoms with Gasteiger partial charge in [0.1, 0.15) is 5.75 Å². The SMILES string of the molecule is CCOC(=O)C(c1cc(C(C)(C)CC)cc(C)c1OC(=O)c1cccc(Cl)c1)C(C)C. The molecule has 0 aliphatic heterocycles. The second kappa shape index (κ2) is 10.3. The highest BCUT2D eigenvalue weighted by atomic mass is 35.5. The van der Waals surface area contributed by atoms with Crippen LogP contribution in [0.25, 0.3) is 0 Å². The van der Waals surface area contributed by atoms with Crippen LogP contribution in [0.5, 0.6) is 5.75 Å². The van der Waals surface area contributed by atoms with Gasteiger partial charge in [-0.2, -0.15) is 0 Å². The second-order valence-electron chi connectivity index (χ2n) is 8.82. The zero-order valence-electron chi connectivity index (χ0n) is 19.5. The molecule has 2 rings (SSSR count). The molecule has 0 amide bonds. The molecular formula is C26H33ClO4. The Hall–Kier alpha value is -2.33. The lowest BCUT2D eigenvalue weighted by Crippen LogP contribution is -2.24. The Morgan fingerprint density at radius 2 is 1.77 bits per heavy atom. The normalized spacial score (nSPS) is 12.5. The molecule has 0 aliphatic rings. The van der Waals surface area contributed by atoms with E-state index in [2.05, 4.69) is 20.8 Å². The topological polar surface area (TPSA) is 52.6 Å². The smallest absolute Gasteiger partial charge is 0.343 e. The Kier molecular flexibility index (Phi) is 8.30. The molecule has 1 atom stereocenters. The molecule has 0 aromatic heterocycles. The summed E-state index contributed by atoms with van der Waals surface area (Å²) in [7, 11) is 0. The Morgan fingerprint density at radius 3 is 2.32 bits per heavy atom. The van der Waals surface area contributed by atoms with Crippen molar-refractivity contribution in [2.45, 2.75) is 66.2 Å². The number of carbonyl (C=O) groups is 2. The van der Waals surface area contributed by atoms with E-state index in [0.717, 1.165) is 17.5 Å². The number of halogens is 1. The van der Waals surface area contributed by atoms with Gasteiger partial charge in [-0.3, -0.25) is 4.79 Å². The lowest BCUT2D eigenvalue weighted by atomic mass is 9.78. The van der Waals surface area contributed by atoms with E-state index >= 15 is 0 Å². The van der Waals surface area contributed by atoms with Crippen molar-refractivity contribution in [3.8, 4) is 5.75 Å². The minimum absolute atomic E-state index is 0.0398. The molecule has 168 valence electrons. The molecule has 0 saturated heterocycles. The van der Waals surface area contributed by atoms with Crippen LogP contribution in [0.2, 0.25) is 5.02 Å². The first kappa shape index (κ1) is 24.9. The van der Waals surface area contributed by atoms with Crippen molar-refractivity contribution in [1.82, 2.24) is 0 Å². The second-order valence-corrected chi connectivity index (χ2v) is 9.26. The Labute approximate surface area is 190 Å². The number of benzene rings is 2. The molecule has 31 heavy (non-hydrogen) atoms. The van der Waals surface area contributed by atoms with Gasteiger partial charge in [-0.1, -0.05) is 64.4 Å². The molecule has 0 fully saturated rings. The summed E-state index contributed by atoms with van der Waals surface area (Å²) in [6, 6.07) is 10.7. The van der Waals surface area contributed by atoms with Crippen LogP contribution in [-0.2, 0) is 14.9 Å². The number of ether oxygens (including phenoxy) is 2. The summed E-state index contributed by atoms with van der Waals surface area (Å²) in [5.74, 6) is -1.01. The van der Waals surface area contributed by atoms with Crippen LogP contribution in [-0.4, -0.2) is 18.5 Å². The van der Waals surface area contributed by atoms with Gasteiger partial charge >= 0.3 is 11.9 Å². The number of esters is 2. The molecule has 5 heteroatoms. The fourth-order valence-corrected chi connectivity index (χ4v) is 3.71. The molecule has 0 heterocycles. The van der Waals surface area contributed by atoms with Crippen molar-refractivity contribution < 1.29 is 19.1 Å². The first-order chi connectivity index (χ1) is 14.5. The van der Waals surface area contributed by atoms with Gasteiger partial charge in [0.15, 0.2) is 0 Å². The summed E-state index contributed by atoms with van der Waals surface area (Å²) < 4.78 is 11.2. The predicted molar refractivity (Wildman–Crippen MR) is 125 cm³/mol. The molecule has 0 N–H and O–H groups in total. The van der Waals surface area contributed by atoms with E-state index in [1.54, 1.807) is 31.2 Å². The summed E-state index contributed by atoms with van der Waals surface area (Å²) in [5.41, 5.74) is 2.85. The highest BCUT2D eigenvalue weighted by Gasteiger charge is 2.32. The number of hydrogen-bond donors (Lipinski definition) is 0.